The summed E-state index contributed by atoms with van der Waals surface area (Å²) in [6, 6.07) is 0. The van der Waals surface area contributed by atoms with E-state index in [2.05, 4.69) is 25.8 Å². The Hall–Kier alpha value is -0.120. The van der Waals surface area contributed by atoms with Crippen LogP contribution in [0.5, 0.6) is 0 Å². The summed E-state index contributed by atoms with van der Waals surface area (Å²) in [6.45, 7) is 7.06. The number of methoxy groups -OCH3 is 1. The Balaban J connectivity index is 3.55. The maximum Gasteiger partial charge on any atom is 0.0474 e. The normalized spacial score (nSPS) is 16.2. The topological polar surface area (TPSA) is 38.5 Å². The maximum absolute atomic E-state index is 6.05. The number of hydrogen-bond acceptors (Lipinski definition) is 3. The molecule has 0 spiro atoms. The fourth-order valence-corrected chi connectivity index (χ4v) is 1.29. The maximum atomic E-state index is 6.05. The van der Waals surface area contributed by atoms with E-state index in [9.17, 15) is 0 Å². The molecule has 0 aromatic carbocycles. The fraction of sp³-hybridized carbons (Fsp3) is 1.00. The van der Waals surface area contributed by atoms with Crippen molar-refractivity contribution in [1.82, 2.24) is 4.90 Å². The Morgan fingerprint density at radius 2 is 2.08 bits per heavy atom. The minimum Gasteiger partial charge on any atom is -0.385 e. The van der Waals surface area contributed by atoms with E-state index < -0.39 is 0 Å². The number of likely N-dealkylation sites (N-methyl/N-ethyl adjacent to an activating group) is 1. The van der Waals surface area contributed by atoms with Gasteiger partial charge < -0.3 is 15.4 Å². The summed E-state index contributed by atoms with van der Waals surface area (Å²) in [4.78, 5) is 2.27. The van der Waals surface area contributed by atoms with Gasteiger partial charge in [-0.25, -0.2) is 0 Å². The van der Waals surface area contributed by atoms with Gasteiger partial charge in [0.2, 0.25) is 0 Å². The molecule has 3 nitrogen and oxygen atoms in total. The molecular weight excluding hydrogens is 164 g/mol. The van der Waals surface area contributed by atoms with Gasteiger partial charge in [-0.3, -0.25) is 0 Å². The Bertz CT molecular complexity index is 126. The molecule has 1 unspecified atom stereocenters. The van der Waals surface area contributed by atoms with Gasteiger partial charge in [0.15, 0.2) is 0 Å². The van der Waals surface area contributed by atoms with E-state index in [4.69, 9.17) is 10.5 Å². The van der Waals surface area contributed by atoms with Crippen LogP contribution in [0.3, 0.4) is 0 Å². The minimum atomic E-state index is -0.0537. The Kier molecular flexibility index (Phi) is 6.29. The number of hydrogen-bond donors (Lipinski definition) is 1. The lowest BCUT2D eigenvalue weighted by Crippen LogP contribution is -2.46. The Morgan fingerprint density at radius 3 is 2.54 bits per heavy atom. The molecule has 0 aromatic heterocycles. The summed E-state index contributed by atoms with van der Waals surface area (Å²) in [6.07, 6.45) is 2.09. The van der Waals surface area contributed by atoms with E-state index in [1.54, 1.807) is 7.11 Å². The molecule has 2 N–H and O–H groups in total. The van der Waals surface area contributed by atoms with Crippen LogP contribution in [-0.4, -0.2) is 44.3 Å². The molecule has 0 aromatic rings. The zero-order valence-electron chi connectivity index (χ0n) is 9.47. The van der Waals surface area contributed by atoms with Gasteiger partial charge in [-0.2, -0.15) is 0 Å². The van der Waals surface area contributed by atoms with Crippen molar-refractivity contribution in [2.75, 3.05) is 33.9 Å². The van der Waals surface area contributed by atoms with Crippen LogP contribution < -0.4 is 5.73 Å². The second kappa shape index (κ2) is 6.35. The third-order valence-corrected chi connectivity index (χ3v) is 2.33. The van der Waals surface area contributed by atoms with Crippen molar-refractivity contribution < 1.29 is 4.74 Å². The van der Waals surface area contributed by atoms with Gasteiger partial charge in [0.25, 0.3) is 0 Å². The molecule has 3 heteroatoms. The molecule has 0 radical (unpaired) electrons. The highest BCUT2D eigenvalue weighted by atomic mass is 16.5. The largest absolute Gasteiger partial charge is 0.385 e. The molecule has 1 atom stereocenters. The van der Waals surface area contributed by atoms with Gasteiger partial charge in [0.05, 0.1) is 0 Å². The summed E-state index contributed by atoms with van der Waals surface area (Å²) in [5.41, 5.74) is 5.99. The first-order valence-corrected chi connectivity index (χ1v) is 4.98. The predicted octanol–water partition coefficient (Wildman–Crippen LogP) is 1.08. The summed E-state index contributed by atoms with van der Waals surface area (Å²) in [7, 11) is 3.84. The first-order valence-electron chi connectivity index (χ1n) is 4.98. The van der Waals surface area contributed by atoms with Gasteiger partial charge in [-0.1, -0.05) is 6.92 Å². The van der Waals surface area contributed by atoms with E-state index in [0.717, 1.165) is 32.5 Å². The highest BCUT2D eigenvalue weighted by Gasteiger charge is 2.17. The first-order chi connectivity index (χ1) is 6.02. The first kappa shape index (κ1) is 12.9. The van der Waals surface area contributed by atoms with Crippen LogP contribution in [0, 0.1) is 0 Å². The number of rotatable bonds is 7. The molecule has 0 saturated heterocycles. The van der Waals surface area contributed by atoms with Crippen LogP contribution in [0.2, 0.25) is 0 Å². The summed E-state index contributed by atoms with van der Waals surface area (Å²) in [5.74, 6) is 0. The molecule has 0 rings (SSSR count). The average molecular weight is 188 g/mol. The number of nitrogens with zero attached hydrogens (tertiary/aromatic N) is 1. The molecule has 0 aliphatic heterocycles. The molecule has 0 bridgehead atoms. The number of nitrogens with two attached hydrogens (primary N) is 1. The van der Waals surface area contributed by atoms with Crippen molar-refractivity contribution >= 4 is 0 Å². The lowest BCUT2D eigenvalue weighted by molar-refractivity contribution is 0.171. The second-order valence-electron chi connectivity index (χ2n) is 4.09. The monoisotopic (exact) mass is 188 g/mol. The van der Waals surface area contributed by atoms with Crippen LogP contribution in [0.4, 0.5) is 0 Å². The highest BCUT2D eigenvalue weighted by molar-refractivity contribution is 4.79. The van der Waals surface area contributed by atoms with Gasteiger partial charge in [0, 0.05) is 32.3 Å². The molecule has 0 aliphatic carbocycles. The van der Waals surface area contributed by atoms with E-state index in [0.29, 0.717) is 0 Å². The lowest BCUT2D eigenvalue weighted by Gasteiger charge is -2.29. The van der Waals surface area contributed by atoms with Crippen LogP contribution in [-0.2, 0) is 4.74 Å². The molecule has 0 heterocycles. The van der Waals surface area contributed by atoms with Crippen molar-refractivity contribution in [3.05, 3.63) is 0 Å². The van der Waals surface area contributed by atoms with Crippen LogP contribution in [0.25, 0.3) is 0 Å². The van der Waals surface area contributed by atoms with Gasteiger partial charge in [0.1, 0.15) is 0 Å². The number of ether oxygens (including phenoxy) is 1. The van der Waals surface area contributed by atoms with E-state index in [-0.39, 0.29) is 5.54 Å². The average Bonchev–Trinajstić information content (AvgIpc) is 2.04. The predicted molar refractivity (Wildman–Crippen MR) is 56.9 cm³/mol. The zero-order chi connectivity index (χ0) is 10.3. The van der Waals surface area contributed by atoms with Crippen molar-refractivity contribution in [3.63, 3.8) is 0 Å². The summed E-state index contributed by atoms with van der Waals surface area (Å²) >= 11 is 0. The zero-order valence-corrected chi connectivity index (χ0v) is 9.47. The third-order valence-electron chi connectivity index (χ3n) is 2.33. The Labute approximate surface area is 82.2 Å². The van der Waals surface area contributed by atoms with Crippen LogP contribution >= 0.6 is 0 Å². The SMILES string of the molecule is CCC(C)(N)CN(C)CCCOC. The molecule has 0 fully saturated rings. The highest BCUT2D eigenvalue weighted by Crippen LogP contribution is 2.06. The molecular formula is C10H24N2O. The Morgan fingerprint density at radius 1 is 1.46 bits per heavy atom. The van der Waals surface area contributed by atoms with E-state index in [1.165, 1.54) is 0 Å². The summed E-state index contributed by atoms with van der Waals surface area (Å²) < 4.78 is 4.99. The quantitative estimate of drug-likeness (QED) is 0.608. The molecule has 0 aliphatic rings. The van der Waals surface area contributed by atoms with Gasteiger partial charge in [-0.05, 0) is 26.8 Å². The fourth-order valence-electron chi connectivity index (χ4n) is 1.29. The molecule has 13 heavy (non-hydrogen) atoms. The molecule has 80 valence electrons. The van der Waals surface area contributed by atoms with Crippen molar-refractivity contribution in [3.8, 4) is 0 Å². The van der Waals surface area contributed by atoms with Crippen LogP contribution in [0.15, 0.2) is 0 Å². The molecule has 0 saturated carbocycles. The third kappa shape index (κ3) is 6.99. The van der Waals surface area contributed by atoms with E-state index in [1.807, 2.05) is 0 Å². The summed E-state index contributed by atoms with van der Waals surface area (Å²) in [5, 5.41) is 0. The smallest absolute Gasteiger partial charge is 0.0474 e. The minimum absolute atomic E-state index is 0.0537. The van der Waals surface area contributed by atoms with Gasteiger partial charge >= 0.3 is 0 Å². The van der Waals surface area contributed by atoms with Crippen molar-refractivity contribution in [2.45, 2.75) is 32.2 Å². The van der Waals surface area contributed by atoms with Crippen molar-refractivity contribution in [1.29, 1.82) is 0 Å². The molecule has 0 amide bonds. The van der Waals surface area contributed by atoms with Crippen molar-refractivity contribution in [2.24, 2.45) is 5.73 Å². The van der Waals surface area contributed by atoms with Gasteiger partial charge in [-0.15, -0.1) is 0 Å². The standard InChI is InChI=1S/C10H24N2O/c1-5-10(2,11)9-12(3)7-6-8-13-4/h5-9,11H2,1-4H3. The van der Waals surface area contributed by atoms with E-state index >= 15 is 0 Å². The second-order valence-corrected chi connectivity index (χ2v) is 4.09. The van der Waals surface area contributed by atoms with Crippen LogP contribution in [0.1, 0.15) is 26.7 Å². The lowest BCUT2D eigenvalue weighted by atomic mass is 10.00.